The minimum absolute atomic E-state index is 0.125. The maximum Gasteiger partial charge on any atom is 0.227 e. The van der Waals surface area contributed by atoms with Crippen LogP contribution in [0, 0.1) is 0 Å². The summed E-state index contributed by atoms with van der Waals surface area (Å²) in [5, 5.41) is 8.15. The molecule has 1 aliphatic rings. The molecule has 7 nitrogen and oxygen atoms in total. The van der Waals surface area contributed by atoms with Crippen molar-refractivity contribution < 1.29 is 14.3 Å². The van der Waals surface area contributed by atoms with Crippen LogP contribution in [0.3, 0.4) is 0 Å². The molecule has 1 fully saturated rings. The summed E-state index contributed by atoms with van der Waals surface area (Å²) in [6.45, 7) is 1.49. The highest BCUT2D eigenvalue weighted by Gasteiger charge is 2.26. The zero-order valence-corrected chi connectivity index (χ0v) is 14.9. The molecule has 2 heterocycles. The zero-order chi connectivity index (χ0) is 17.8. The van der Waals surface area contributed by atoms with Crippen molar-refractivity contribution >= 4 is 5.91 Å². The minimum atomic E-state index is 0.125. The third kappa shape index (κ3) is 3.75. The lowest BCUT2D eigenvalue weighted by molar-refractivity contribution is -0.131. The summed E-state index contributed by atoms with van der Waals surface area (Å²) in [5.74, 6) is 2.90. The molecule has 1 aromatic carbocycles. The first-order valence-electron chi connectivity index (χ1n) is 8.45. The fourth-order valence-corrected chi connectivity index (χ4v) is 3.32. The fourth-order valence-electron chi connectivity index (χ4n) is 3.32. The van der Waals surface area contributed by atoms with E-state index in [0.717, 1.165) is 43.1 Å². The minimum Gasteiger partial charge on any atom is -0.497 e. The first-order chi connectivity index (χ1) is 12.1. The van der Waals surface area contributed by atoms with Crippen molar-refractivity contribution in [3.05, 3.63) is 35.9 Å². The number of aromatic nitrogens is 3. The monoisotopic (exact) mass is 344 g/mol. The van der Waals surface area contributed by atoms with Gasteiger partial charge < -0.3 is 18.9 Å². The summed E-state index contributed by atoms with van der Waals surface area (Å²) in [6.07, 6.45) is 3.89. The zero-order valence-electron chi connectivity index (χ0n) is 14.9. The fraction of sp³-hybridized carbons (Fsp3) is 0.500. The van der Waals surface area contributed by atoms with Crippen molar-refractivity contribution in [1.82, 2.24) is 19.7 Å². The molecule has 0 spiro atoms. The Morgan fingerprint density at radius 2 is 2.00 bits per heavy atom. The van der Waals surface area contributed by atoms with E-state index in [-0.39, 0.29) is 5.91 Å². The third-order valence-electron chi connectivity index (χ3n) is 4.80. The standard InChI is InChI=1S/C18H24N4O3/c1-21-12-19-20-18(21)13-6-8-22(9-7-13)17(23)10-14-4-5-15(24-2)11-16(14)25-3/h4-5,11-13H,6-10H2,1-3H3. The second-order valence-corrected chi connectivity index (χ2v) is 6.31. The molecule has 1 aromatic heterocycles. The molecule has 0 aliphatic carbocycles. The number of ether oxygens (including phenoxy) is 2. The number of rotatable bonds is 5. The molecule has 134 valence electrons. The summed E-state index contributed by atoms with van der Waals surface area (Å²) >= 11 is 0. The van der Waals surface area contributed by atoms with Gasteiger partial charge in [0.15, 0.2) is 0 Å². The van der Waals surface area contributed by atoms with Crippen LogP contribution in [0.2, 0.25) is 0 Å². The average molecular weight is 344 g/mol. The molecule has 7 heteroatoms. The highest BCUT2D eigenvalue weighted by atomic mass is 16.5. The van der Waals surface area contributed by atoms with Gasteiger partial charge in [-0.3, -0.25) is 4.79 Å². The van der Waals surface area contributed by atoms with E-state index in [0.29, 0.717) is 18.1 Å². The molecule has 3 rings (SSSR count). The van der Waals surface area contributed by atoms with Gasteiger partial charge in [-0.15, -0.1) is 10.2 Å². The van der Waals surface area contributed by atoms with Crippen molar-refractivity contribution in [2.75, 3.05) is 27.3 Å². The Morgan fingerprint density at radius 1 is 1.24 bits per heavy atom. The van der Waals surface area contributed by atoms with Crippen molar-refractivity contribution in [2.45, 2.75) is 25.2 Å². The molecular weight excluding hydrogens is 320 g/mol. The molecule has 0 atom stereocenters. The normalized spacial score (nSPS) is 15.2. The lowest BCUT2D eigenvalue weighted by Crippen LogP contribution is -2.39. The average Bonchev–Trinajstić information content (AvgIpc) is 3.08. The highest BCUT2D eigenvalue weighted by Crippen LogP contribution is 2.28. The first kappa shape index (κ1) is 17.3. The van der Waals surface area contributed by atoms with Crippen molar-refractivity contribution in [2.24, 2.45) is 7.05 Å². The Morgan fingerprint density at radius 3 is 2.60 bits per heavy atom. The summed E-state index contributed by atoms with van der Waals surface area (Å²) in [7, 11) is 5.18. The summed E-state index contributed by atoms with van der Waals surface area (Å²) < 4.78 is 12.6. The van der Waals surface area contributed by atoms with E-state index in [2.05, 4.69) is 10.2 Å². The van der Waals surface area contributed by atoms with Crippen LogP contribution in [0.25, 0.3) is 0 Å². The lowest BCUT2D eigenvalue weighted by atomic mass is 9.95. The van der Waals surface area contributed by atoms with Crippen LogP contribution < -0.4 is 9.47 Å². The predicted octanol–water partition coefficient (Wildman–Crippen LogP) is 1.78. The maximum atomic E-state index is 12.7. The smallest absolute Gasteiger partial charge is 0.227 e. The van der Waals surface area contributed by atoms with Crippen molar-refractivity contribution in [1.29, 1.82) is 0 Å². The van der Waals surface area contributed by atoms with Gasteiger partial charge in [-0.2, -0.15) is 0 Å². The van der Waals surface area contributed by atoms with Crippen LogP contribution in [0.1, 0.15) is 30.1 Å². The van der Waals surface area contributed by atoms with Gasteiger partial charge in [0, 0.05) is 37.7 Å². The van der Waals surface area contributed by atoms with E-state index in [1.54, 1.807) is 20.5 Å². The number of amides is 1. The molecule has 1 amide bonds. The number of hydrogen-bond acceptors (Lipinski definition) is 5. The van der Waals surface area contributed by atoms with E-state index in [1.165, 1.54) is 0 Å². The van der Waals surface area contributed by atoms with Crippen molar-refractivity contribution in [3.8, 4) is 11.5 Å². The Kier molecular flexibility index (Phi) is 5.21. The molecule has 2 aromatic rings. The number of benzene rings is 1. The van der Waals surface area contributed by atoms with Gasteiger partial charge in [0.2, 0.25) is 5.91 Å². The molecule has 0 bridgehead atoms. The van der Waals surface area contributed by atoms with Crippen LogP contribution in [-0.4, -0.2) is 52.9 Å². The van der Waals surface area contributed by atoms with E-state index in [4.69, 9.17) is 9.47 Å². The molecule has 1 saturated heterocycles. The van der Waals surface area contributed by atoms with Gasteiger partial charge in [0.25, 0.3) is 0 Å². The summed E-state index contributed by atoms with van der Waals surface area (Å²) in [5.41, 5.74) is 0.878. The van der Waals surface area contributed by atoms with Gasteiger partial charge >= 0.3 is 0 Å². The lowest BCUT2D eigenvalue weighted by Gasteiger charge is -2.31. The number of hydrogen-bond donors (Lipinski definition) is 0. The van der Waals surface area contributed by atoms with Crippen LogP contribution in [-0.2, 0) is 18.3 Å². The Bertz CT molecular complexity index is 736. The third-order valence-corrected chi connectivity index (χ3v) is 4.80. The number of methoxy groups -OCH3 is 2. The van der Waals surface area contributed by atoms with E-state index >= 15 is 0 Å². The van der Waals surface area contributed by atoms with Crippen LogP contribution in [0.4, 0.5) is 0 Å². The SMILES string of the molecule is COc1ccc(CC(=O)N2CCC(c3nncn3C)CC2)c(OC)c1. The van der Waals surface area contributed by atoms with Crippen LogP contribution in [0.5, 0.6) is 11.5 Å². The number of aryl methyl sites for hydroxylation is 1. The van der Waals surface area contributed by atoms with Crippen LogP contribution >= 0.6 is 0 Å². The van der Waals surface area contributed by atoms with E-state index in [9.17, 15) is 4.79 Å². The van der Waals surface area contributed by atoms with E-state index < -0.39 is 0 Å². The second-order valence-electron chi connectivity index (χ2n) is 6.31. The van der Waals surface area contributed by atoms with Crippen LogP contribution in [0.15, 0.2) is 24.5 Å². The van der Waals surface area contributed by atoms with Gasteiger partial charge in [-0.25, -0.2) is 0 Å². The Labute approximate surface area is 147 Å². The highest BCUT2D eigenvalue weighted by molar-refractivity contribution is 5.79. The van der Waals surface area contributed by atoms with Gasteiger partial charge in [0.1, 0.15) is 23.7 Å². The largest absolute Gasteiger partial charge is 0.497 e. The summed E-state index contributed by atoms with van der Waals surface area (Å²) in [4.78, 5) is 14.6. The maximum absolute atomic E-state index is 12.7. The number of carbonyl (C=O) groups excluding carboxylic acids is 1. The first-order valence-corrected chi connectivity index (χ1v) is 8.45. The van der Waals surface area contributed by atoms with Crippen molar-refractivity contribution in [3.63, 3.8) is 0 Å². The summed E-state index contributed by atoms with van der Waals surface area (Å²) in [6, 6.07) is 5.55. The quantitative estimate of drug-likeness (QED) is 0.827. The second kappa shape index (κ2) is 7.55. The van der Waals surface area contributed by atoms with Gasteiger partial charge in [-0.1, -0.05) is 6.07 Å². The number of nitrogens with zero attached hydrogens (tertiary/aromatic N) is 4. The molecule has 0 N–H and O–H groups in total. The van der Waals surface area contributed by atoms with Gasteiger partial charge in [0.05, 0.1) is 20.6 Å². The molecule has 0 unspecified atom stereocenters. The van der Waals surface area contributed by atoms with E-state index in [1.807, 2.05) is 34.7 Å². The predicted molar refractivity (Wildman–Crippen MR) is 92.8 cm³/mol. The molecule has 25 heavy (non-hydrogen) atoms. The molecule has 0 radical (unpaired) electrons. The number of piperidine rings is 1. The molecule has 0 saturated carbocycles. The Balaban J connectivity index is 1.61. The topological polar surface area (TPSA) is 69.5 Å². The molecule has 1 aliphatic heterocycles. The molecular formula is C18H24N4O3. The number of carbonyl (C=O) groups is 1. The Hall–Kier alpha value is -2.57. The van der Waals surface area contributed by atoms with Gasteiger partial charge in [-0.05, 0) is 18.9 Å². The number of likely N-dealkylation sites (tertiary alicyclic amines) is 1.